The predicted octanol–water partition coefficient (Wildman–Crippen LogP) is 4.05. The Balaban J connectivity index is 1.65. The van der Waals surface area contributed by atoms with Crippen LogP contribution in [0.3, 0.4) is 0 Å². The van der Waals surface area contributed by atoms with Gasteiger partial charge in [-0.2, -0.15) is 5.06 Å². The molecule has 0 unspecified atom stereocenters. The van der Waals surface area contributed by atoms with E-state index < -0.39 is 5.79 Å². The van der Waals surface area contributed by atoms with Crippen LogP contribution in [0.1, 0.15) is 25.0 Å². The van der Waals surface area contributed by atoms with Gasteiger partial charge < -0.3 is 14.2 Å². The lowest BCUT2D eigenvalue weighted by atomic mass is 9.92. The maximum Gasteiger partial charge on any atom is 0.163 e. The monoisotopic (exact) mass is 381 g/mol. The van der Waals surface area contributed by atoms with E-state index in [4.69, 9.17) is 19.0 Å². The fourth-order valence-electron chi connectivity index (χ4n) is 3.82. The smallest absolute Gasteiger partial charge is 0.163 e. The molecule has 2 aliphatic rings. The third-order valence-corrected chi connectivity index (χ3v) is 5.16. The molecule has 0 radical (unpaired) electrons. The van der Waals surface area contributed by atoms with Crippen molar-refractivity contribution in [3.8, 4) is 5.75 Å². The highest BCUT2D eigenvalue weighted by Gasteiger charge is 2.43. The van der Waals surface area contributed by atoms with Crippen molar-refractivity contribution in [2.75, 3.05) is 20.3 Å². The number of methoxy groups -OCH3 is 1. The Morgan fingerprint density at radius 1 is 1.07 bits per heavy atom. The lowest BCUT2D eigenvalue weighted by Gasteiger charge is -2.38. The minimum absolute atomic E-state index is 0.0656. The summed E-state index contributed by atoms with van der Waals surface area (Å²) in [5.74, 6) is 0.252. The van der Waals surface area contributed by atoms with Crippen molar-refractivity contribution < 1.29 is 19.0 Å². The third-order valence-electron chi connectivity index (χ3n) is 5.16. The van der Waals surface area contributed by atoms with Gasteiger partial charge in [0.05, 0.1) is 26.4 Å². The summed E-state index contributed by atoms with van der Waals surface area (Å²) in [5, 5.41) is 2.03. The summed E-state index contributed by atoms with van der Waals surface area (Å²) in [6.07, 6.45) is 2.02. The predicted molar refractivity (Wildman–Crippen MR) is 108 cm³/mol. The van der Waals surface area contributed by atoms with E-state index in [-0.39, 0.29) is 12.1 Å². The van der Waals surface area contributed by atoms with Gasteiger partial charge >= 0.3 is 0 Å². The van der Waals surface area contributed by atoms with E-state index >= 15 is 0 Å². The molecule has 0 amide bonds. The molecule has 0 saturated carbocycles. The number of benzene rings is 2. The first kappa shape index (κ1) is 19.2. The SMILES string of the molecule is COc1ccc(C2=CCON(Cc3ccccc3)[C@@H]2[C@H]2COC(C)(C)O2)cc1. The Kier molecular flexibility index (Phi) is 5.51. The maximum atomic E-state index is 6.24. The molecule has 0 aliphatic carbocycles. The molecule has 2 heterocycles. The summed E-state index contributed by atoms with van der Waals surface area (Å²) in [5.41, 5.74) is 3.53. The van der Waals surface area contributed by atoms with Crippen molar-refractivity contribution >= 4 is 5.57 Å². The van der Waals surface area contributed by atoms with Gasteiger partial charge in [0.25, 0.3) is 0 Å². The molecule has 0 bridgehead atoms. The van der Waals surface area contributed by atoms with Crippen LogP contribution in [0.15, 0.2) is 60.7 Å². The number of nitrogens with zero attached hydrogens (tertiary/aromatic N) is 1. The lowest BCUT2D eigenvalue weighted by molar-refractivity contribution is -0.208. The summed E-state index contributed by atoms with van der Waals surface area (Å²) in [4.78, 5) is 6.07. The van der Waals surface area contributed by atoms with E-state index in [1.54, 1.807) is 7.11 Å². The van der Waals surface area contributed by atoms with Crippen molar-refractivity contribution in [1.29, 1.82) is 0 Å². The Morgan fingerprint density at radius 2 is 1.82 bits per heavy atom. The Hall–Kier alpha value is -2.18. The molecular weight excluding hydrogens is 354 g/mol. The summed E-state index contributed by atoms with van der Waals surface area (Å²) in [6, 6.07) is 18.4. The fourth-order valence-corrected chi connectivity index (χ4v) is 3.82. The van der Waals surface area contributed by atoms with Gasteiger partial charge in [0.1, 0.15) is 11.9 Å². The van der Waals surface area contributed by atoms with E-state index in [2.05, 4.69) is 30.3 Å². The molecule has 0 aromatic heterocycles. The normalized spacial score (nSPS) is 24.8. The molecule has 2 aromatic carbocycles. The molecule has 148 valence electrons. The van der Waals surface area contributed by atoms with Crippen molar-refractivity contribution in [3.63, 3.8) is 0 Å². The van der Waals surface area contributed by atoms with Gasteiger partial charge in [-0.25, -0.2) is 0 Å². The van der Waals surface area contributed by atoms with Crippen LogP contribution in [-0.4, -0.2) is 43.3 Å². The largest absolute Gasteiger partial charge is 0.497 e. The van der Waals surface area contributed by atoms with Crippen molar-refractivity contribution in [2.24, 2.45) is 0 Å². The highest BCUT2D eigenvalue weighted by atomic mass is 16.7. The van der Waals surface area contributed by atoms with E-state index in [9.17, 15) is 0 Å². The van der Waals surface area contributed by atoms with Gasteiger partial charge in [-0.1, -0.05) is 48.5 Å². The third kappa shape index (κ3) is 4.13. The Labute approximate surface area is 166 Å². The van der Waals surface area contributed by atoms with Crippen LogP contribution in [-0.2, 0) is 20.9 Å². The zero-order chi connectivity index (χ0) is 19.6. The summed E-state index contributed by atoms with van der Waals surface area (Å²) >= 11 is 0. The highest BCUT2D eigenvalue weighted by Crippen LogP contribution is 2.36. The molecule has 4 rings (SSSR count). The molecular formula is C23H27NO4. The number of hydrogen-bond acceptors (Lipinski definition) is 5. The van der Waals surface area contributed by atoms with E-state index in [1.165, 1.54) is 11.1 Å². The Bertz CT molecular complexity index is 816. The van der Waals surface area contributed by atoms with Gasteiger partial charge in [0.2, 0.25) is 0 Å². The van der Waals surface area contributed by atoms with Gasteiger partial charge in [-0.05, 0) is 42.7 Å². The van der Waals surface area contributed by atoms with Crippen molar-refractivity contribution in [1.82, 2.24) is 5.06 Å². The van der Waals surface area contributed by atoms with Crippen molar-refractivity contribution in [3.05, 3.63) is 71.8 Å². The maximum absolute atomic E-state index is 6.24. The second-order valence-electron chi connectivity index (χ2n) is 7.56. The standard InChI is InChI=1S/C23H27NO4/c1-23(2)26-16-21(28-23)22-20(18-9-11-19(25-3)12-10-18)13-14-27-24(22)15-17-7-5-4-6-8-17/h4-13,21-22H,14-16H2,1-3H3/t21-,22+/m1/s1. The van der Waals surface area contributed by atoms with Gasteiger partial charge in [0, 0.05) is 6.54 Å². The van der Waals surface area contributed by atoms with Crippen LogP contribution in [0.4, 0.5) is 0 Å². The van der Waals surface area contributed by atoms with Crippen LogP contribution in [0.2, 0.25) is 0 Å². The number of ether oxygens (including phenoxy) is 3. The van der Waals surface area contributed by atoms with Crippen LogP contribution < -0.4 is 4.74 Å². The molecule has 5 heteroatoms. The van der Waals surface area contributed by atoms with Gasteiger partial charge in [-0.15, -0.1) is 0 Å². The summed E-state index contributed by atoms with van der Waals surface area (Å²) < 4.78 is 17.4. The molecule has 0 spiro atoms. The minimum atomic E-state index is -0.592. The summed E-state index contributed by atoms with van der Waals surface area (Å²) in [6.45, 7) is 5.64. The molecule has 28 heavy (non-hydrogen) atoms. The van der Waals surface area contributed by atoms with Crippen LogP contribution in [0, 0.1) is 0 Å². The topological polar surface area (TPSA) is 40.2 Å². The first-order valence-electron chi connectivity index (χ1n) is 9.65. The lowest BCUT2D eigenvalue weighted by Crippen LogP contribution is -2.47. The zero-order valence-corrected chi connectivity index (χ0v) is 16.6. The molecule has 0 N–H and O–H groups in total. The molecule has 2 aliphatic heterocycles. The second-order valence-corrected chi connectivity index (χ2v) is 7.56. The fraction of sp³-hybridized carbons (Fsp3) is 0.391. The highest BCUT2D eigenvalue weighted by molar-refractivity contribution is 5.71. The van der Waals surface area contributed by atoms with Crippen LogP contribution in [0.5, 0.6) is 5.75 Å². The molecule has 1 saturated heterocycles. The van der Waals surface area contributed by atoms with Crippen LogP contribution in [0.25, 0.3) is 5.57 Å². The first-order chi connectivity index (χ1) is 13.6. The van der Waals surface area contributed by atoms with Gasteiger partial charge in [0.15, 0.2) is 5.79 Å². The molecule has 5 nitrogen and oxygen atoms in total. The number of hydroxylamine groups is 2. The molecule has 1 fully saturated rings. The van der Waals surface area contributed by atoms with E-state index in [1.807, 2.05) is 49.2 Å². The quantitative estimate of drug-likeness (QED) is 0.782. The Morgan fingerprint density at radius 3 is 2.46 bits per heavy atom. The van der Waals surface area contributed by atoms with Crippen LogP contribution >= 0.6 is 0 Å². The first-order valence-corrected chi connectivity index (χ1v) is 9.65. The van der Waals surface area contributed by atoms with E-state index in [0.29, 0.717) is 19.8 Å². The average Bonchev–Trinajstić information content (AvgIpc) is 3.08. The second kappa shape index (κ2) is 8.05. The zero-order valence-electron chi connectivity index (χ0n) is 16.6. The average molecular weight is 381 g/mol. The van der Waals surface area contributed by atoms with E-state index in [0.717, 1.165) is 11.3 Å². The minimum Gasteiger partial charge on any atom is -0.497 e. The molecule has 2 atom stereocenters. The molecule has 2 aromatic rings. The summed E-state index contributed by atoms with van der Waals surface area (Å²) in [7, 11) is 1.68. The number of hydrogen-bond donors (Lipinski definition) is 0. The van der Waals surface area contributed by atoms with Gasteiger partial charge in [-0.3, -0.25) is 4.84 Å². The number of rotatable bonds is 5. The van der Waals surface area contributed by atoms with Crippen molar-refractivity contribution in [2.45, 2.75) is 38.3 Å².